The molecule has 0 unspecified atom stereocenters. The van der Waals surface area contributed by atoms with Crippen molar-refractivity contribution in [1.29, 1.82) is 10.5 Å². The van der Waals surface area contributed by atoms with Gasteiger partial charge in [-0.2, -0.15) is 10.5 Å². The molecule has 0 spiro atoms. The van der Waals surface area contributed by atoms with Gasteiger partial charge >= 0.3 is 0 Å². The molecular formula is C12H18N4O. The molecule has 0 atom stereocenters. The Bertz CT molecular complexity index is 346. The summed E-state index contributed by atoms with van der Waals surface area (Å²) in [6.07, 6.45) is 3.45. The molecule has 92 valence electrons. The number of hydrogen-bond donors (Lipinski definition) is 1. The maximum Gasteiger partial charge on any atom is 0.235 e. The quantitative estimate of drug-likeness (QED) is 0.713. The van der Waals surface area contributed by atoms with E-state index in [1.54, 1.807) is 4.90 Å². The molecule has 1 rings (SSSR count). The molecule has 1 fully saturated rings. The van der Waals surface area contributed by atoms with Crippen LogP contribution in [-0.4, -0.2) is 36.0 Å². The van der Waals surface area contributed by atoms with E-state index in [4.69, 9.17) is 10.5 Å². The Labute approximate surface area is 102 Å². The van der Waals surface area contributed by atoms with Crippen LogP contribution < -0.4 is 5.32 Å². The van der Waals surface area contributed by atoms with Gasteiger partial charge in [-0.15, -0.1) is 0 Å². The lowest BCUT2D eigenvalue weighted by molar-refractivity contribution is -0.123. The zero-order chi connectivity index (χ0) is 12.7. The third-order valence-corrected chi connectivity index (χ3v) is 3.16. The van der Waals surface area contributed by atoms with Crippen LogP contribution in [0.5, 0.6) is 0 Å². The highest BCUT2D eigenvalue weighted by molar-refractivity contribution is 5.79. The first-order chi connectivity index (χ1) is 8.15. The Hall–Kier alpha value is -1.59. The molecule has 5 heteroatoms. The van der Waals surface area contributed by atoms with Gasteiger partial charge in [0, 0.05) is 0 Å². The van der Waals surface area contributed by atoms with E-state index < -0.39 is 5.54 Å². The van der Waals surface area contributed by atoms with Crippen LogP contribution >= 0.6 is 0 Å². The summed E-state index contributed by atoms with van der Waals surface area (Å²) in [5.41, 5.74) is -0.664. The number of amides is 1. The number of carbonyl (C=O) groups excluding carboxylic acids is 1. The molecule has 0 aromatic heterocycles. The highest BCUT2D eigenvalue weighted by atomic mass is 16.2. The third-order valence-electron chi connectivity index (χ3n) is 3.16. The molecule has 0 saturated heterocycles. The smallest absolute Gasteiger partial charge is 0.235 e. The highest BCUT2D eigenvalue weighted by Gasteiger charge is 2.35. The fourth-order valence-corrected chi connectivity index (χ4v) is 2.13. The minimum atomic E-state index is -0.664. The number of carbonyl (C=O) groups is 1. The molecule has 0 aliphatic heterocycles. The maximum atomic E-state index is 11.8. The van der Waals surface area contributed by atoms with Crippen molar-refractivity contribution in [3.05, 3.63) is 0 Å². The summed E-state index contributed by atoms with van der Waals surface area (Å²) in [7, 11) is 0. The van der Waals surface area contributed by atoms with Crippen LogP contribution in [-0.2, 0) is 4.79 Å². The second-order valence-corrected chi connectivity index (χ2v) is 4.41. The van der Waals surface area contributed by atoms with Gasteiger partial charge in [-0.1, -0.05) is 6.92 Å². The van der Waals surface area contributed by atoms with Crippen LogP contribution in [0, 0.1) is 22.7 Å². The molecule has 1 saturated carbocycles. The van der Waals surface area contributed by atoms with Crippen molar-refractivity contribution < 1.29 is 4.79 Å². The summed E-state index contributed by atoms with van der Waals surface area (Å²) in [6.45, 7) is 2.98. The fourth-order valence-electron chi connectivity index (χ4n) is 2.13. The number of nitriles is 2. The normalized spacial score (nSPS) is 17.4. The topological polar surface area (TPSA) is 79.9 Å². The highest BCUT2D eigenvalue weighted by Crippen LogP contribution is 2.28. The first-order valence-corrected chi connectivity index (χ1v) is 5.97. The summed E-state index contributed by atoms with van der Waals surface area (Å²) in [6, 6.07) is 4.24. The molecule has 1 N–H and O–H groups in total. The minimum Gasteiger partial charge on any atom is -0.337 e. The van der Waals surface area contributed by atoms with E-state index in [0.717, 1.165) is 25.7 Å². The summed E-state index contributed by atoms with van der Waals surface area (Å²) in [4.78, 5) is 13.5. The zero-order valence-electron chi connectivity index (χ0n) is 10.2. The van der Waals surface area contributed by atoms with Crippen molar-refractivity contribution in [2.24, 2.45) is 0 Å². The maximum absolute atomic E-state index is 11.8. The molecule has 0 bridgehead atoms. The summed E-state index contributed by atoms with van der Waals surface area (Å²) >= 11 is 0. The lowest BCUT2D eigenvalue weighted by atomic mass is 10.00. The lowest BCUT2D eigenvalue weighted by Crippen LogP contribution is -2.49. The van der Waals surface area contributed by atoms with Crippen molar-refractivity contribution in [2.75, 3.05) is 19.6 Å². The van der Waals surface area contributed by atoms with E-state index in [2.05, 4.69) is 11.4 Å². The van der Waals surface area contributed by atoms with E-state index in [1.807, 2.05) is 13.0 Å². The largest absolute Gasteiger partial charge is 0.337 e. The Balaban J connectivity index is 2.49. The van der Waals surface area contributed by atoms with Crippen molar-refractivity contribution in [1.82, 2.24) is 10.2 Å². The molecule has 0 radical (unpaired) electrons. The van der Waals surface area contributed by atoms with E-state index in [9.17, 15) is 4.79 Å². The van der Waals surface area contributed by atoms with Gasteiger partial charge in [-0.3, -0.25) is 9.69 Å². The fraction of sp³-hybridized carbons (Fsp3) is 0.750. The van der Waals surface area contributed by atoms with Gasteiger partial charge in [0.2, 0.25) is 5.91 Å². The van der Waals surface area contributed by atoms with Gasteiger partial charge < -0.3 is 5.32 Å². The molecular weight excluding hydrogens is 216 g/mol. The molecule has 0 aromatic carbocycles. The predicted molar refractivity (Wildman–Crippen MR) is 62.7 cm³/mol. The lowest BCUT2D eigenvalue weighted by Gasteiger charge is -2.24. The van der Waals surface area contributed by atoms with Crippen LogP contribution in [0.4, 0.5) is 0 Å². The molecule has 1 amide bonds. The van der Waals surface area contributed by atoms with E-state index in [-0.39, 0.29) is 19.0 Å². The second kappa shape index (κ2) is 6.22. The summed E-state index contributed by atoms with van der Waals surface area (Å²) < 4.78 is 0. The summed E-state index contributed by atoms with van der Waals surface area (Å²) in [5.74, 6) is -0.162. The summed E-state index contributed by atoms with van der Waals surface area (Å²) in [5, 5.41) is 20.5. The van der Waals surface area contributed by atoms with Crippen LogP contribution in [0.15, 0.2) is 0 Å². The van der Waals surface area contributed by atoms with Crippen molar-refractivity contribution >= 4 is 5.91 Å². The van der Waals surface area contributed by atoms with Gasteiger partial charge in [0.25, 0.3) is 0 Å². The molecule has 1 aliphatic rings. The van der Waals surface area contributed by atoms with Crippen molar-refractivity contribution in [3.63, 3.8) is 0 Å². The molecule has 1 aliphatic carbocycles. The molecule has 17 heavy (non-hydrogen) atoms. The Morgan fingerprint density at radius 2 is 2.06 bits per heavy atom. The Kier molecular flexibility index (Phi) is 4.93. The second-order valence-electron chi connectivity index (χ2n) is 4.41. The van der Waals surface area contributed by atoms with Crippen LogP contribution in [0.25, 0.3) is 0 Å². The zero-order valence-corrected chi connectivity index (χ0v) is 10.2. The van der Waals surface area contributed by atoms with Crippen LogP contribution in [0.2, 0.25) is 0 Å². The average molecular weight is 234 g/mol. The number of hydrogen-bond acceptors (Lipinski definition) is 4. The molecule has 0 heterocycles. The first kappa shape index (κ1) is 13.5. The Morgan fingerprint density at radius 1 is 1.41 bits per heavy atom. The molecule has 5 nitrogen and oxygen atoms in total. The minimum absolute atomic E-state index is 0.162. The van der Waals surface area contributed by atoms with Gasteiger partial charge in [-0.05, 0) is 32.2 Å². The van der Waals surface area contributed by atoms with E-state index in [1.165, 1.54) is 0 Å². The Morgan fingerprint density at radius 3 is 2.53 bits per heavy atom. The first-order valence-electron chi connectivity index (χ1n) is 5.97. The number of likely N-dealkylation sites (N-methyl/N-ethyl adjacent to an activating group) is 1. The SMILES string of the molecule is CCN(CC#N)CC(=O)NC1(C#N)CCCC1. The van der Waals surface area contributed by atoms with Gasteiger partial charge in [-0.25, -0.2) is 0 Å². The van der Waals surface area contributed by atoms with E-state index >= 15 is 0 Å². The van der Waals surface area contributed by atoms with Crippen molar-refractivity contribution in [2.45, 2.75) is 38.1 Å². The standard InChI is InChI=1S/C12H18N4O/c1-2-16(8-7-13)9-11(17)15-12(10-14)5-3-4-6-12/h2-6,8-9H2,1H3,(H,15,17). The molecule has 0 aromatic rings. The van der Waals surface area contributed by atoms with Crippen molar-refractivity contribution in [3.8, 4) is 12.1 Å². The number of nitrogens with one attached hydrogen (secondary N) is 1. The van der Waals surface area contributed by atoms with Crippen LogP contribution in [0.3, 0.4) is 0 Å². The number of rotatable bonds is 5. The number of nitrogens with zero attached hydrogens (tertiary/aromatic N) is 3. The third kappa shape index (κ3) is 3.72. The van der Waals surface area contributed by atoms with Gasteiger partial charge in [0.15, 0.2) is 0 Å². The van der Waals surface area contributed by atoms with Gasteiger partial charge in [0.05, 0.1) is 25.2 Å². The van der Waals surface area contributed by atoms with E-state index in [0.29, 0.717) is 6.54 Å². The predicted octanol–water partition coefficient (Wildman–Crippen LogP) is 0.784. The van der Waals surface area contributed by atoms with Gasteiger partial charge in [0.1, 0.15) is 5.54 Å². The van der Waals surface area contributed by atoms with Crippen LogP contribution in [0.1, 0.15) is 32.6 Å². The average Bonchev–Trinajstić information content (AvgIpc) is 2.77. The monoisotopic (exact) mass is 234 g/mol.